The van der Waals surface area contributed by atoms with Crippen LogP contribution in [0.3, 0.4) is 0 Å². The van der Waals surface area contributed by atoms with Crippen LogP contribution in [0.15, 0.2) is 0 Å². The Labute approximate surface area is 47.6 Å². The highest BCUT2D eigenvalue weighted by Gasteiger charge is 2.05. The summed E-state index contributed by atoms with van der Waals surface area (Å²) >= 11 is 0. The van der Waals surface area contributed by atoms with Crippen molar-refractivity contribution in [2.45, 2.75) is 6.17 Å². The van der Waals surface area contributed by atoms with Gasteiger partial charge in [0.05, 0.1) is 6.16 Å². The van der Waals surface area contributed by atoms with Crippen LogP contribution in [0.2, 0.25) is 0 Å². The van der Waals surface area contributed by atoms with Crippen molar-refractivity contribution in [3.05, 3.63) is 0 Å². The minimum absolute atomic E-state index is 0.170. The summed E-state index contributed by atoms with van der Waals surface area (Å²) < 4.78 is 21.8. The predicted octanol–water partition coefficient (Wildman–Crippen LogP) is -0.250. The Hall–Kier alpha value is 0.0800. The monoisotopic (exact) mass is 141 g/mol. The third kappa shape index (κ3) is 4.24. The first-order valence-electron chi connectivity index (χ1n) is 2.22. The second-order valence-electron chi connectivity index (χ2n) is 1.43. The molecule has 1 unspecified atom stereocenters. The molecule has 8 heavy (non-hydrogen) atoms. The quantitative estimate of drug-likeness (QED) is 0.532. The number of rotatable bonds is 3. The van der Waals surface area contributed by atoms with E-state index in [1.807, 2.05) is 0 Å². The number of hydrogen-bond donors (Lipinski definition) is 2. The molecule has 0 amide bonds. The molecule has 0 aromatic heterocycles. The van der Waals surface area contributed by atoms with E-state index in [2.05, 4.69) is 0 Å². The van der Waals surface area contributed by atoms with Gasteiger partial charge in [0.15, 0.2) is 8.03 Å². The van der Waals surface area contributed by atoms with Gasteiger partial charge in [-0.15, -0.1) is 0 Å². The molecule has 0 heterocycles. The maximum atomic E-state index is 11.9. The maximum absolute atomic E-state index is 11.9. The molecule has 0 aromatic carbocycles. The van der Waals surface area contributed by atoms with Crippen LogP contribution in [0.25, 0.3) is 0 Å². The zero-order valence-corrected chi connectivity index (χ0v) is 5.30. The number of alkyl halides is 1. The van der Waals surface area contributed by atoms with Crippen molar-refractivity contribution >= 4 is 8.03 Å². The molecule has 0 saturated heterocycles. The lowest BCUT2D eigenvalue weighted by atomic mass is 10.5. The lowest BCUT2D eigenvalue weighted by Crippen LogP contribution is -2.17. The minimum atomic E-state index is -2.65. The summed E-state index contributed by atoms with van der Waals surface area (Å²) in [4.78, 5) is 8.10. The third-order valence-corrected chi connectivity index (χ3v) is 1.44. The average molecular weight is 141 g/mol. The first-order valence-corrected chi connectivity index (χ1v) is 3.79. The van der Waals surface area contributed by atoms with Gasteiger partial charge in [0.1, 0.15) is 6.17 Å². The van der Waals surface area contributed by atoms with Gasteiger partial charge >= 0.3 is 0 Å². The fraction of sp³-hybridized carbons (Fsp3) is 1.00. The van der Waals surface area contributed by atoms with E-state index in [1.54, 1.807) is 0 Å². The van der Waals surface area contributed by atoms with Crippen molar-refractivity contribution in [3.8, 4) is 0 Å². The first-order chi connectivity index (χ1) is 3.66. The van der Waals surface area contributed by atoms with Crippen molar-refractivity contribution in [2.75, 3.05) is 12.7 Å². The summed E-state index contributed by atoms with van der Waals surface area (Å²) in [6, 6.07) is 0. The Morgan fingerprint density at radius 3 is 2.50 bits per heavy atom. The van der Waals surface area contributed by atoms with Crippen LogP contribution < -0.4 is 5.73 Å². The molecule has 3 N–H and O–H groups in total. The second kappa shape index (κ2) is 4.01. The molecule has 2 atom stereocenters. The minimum Gasteiger partial charge on any atom is -0.346 e. The summed E-state index contributed by atoms with van der Waals surface area (Å²) in [5.41, 5.74) is 4.81. The molecule has 5 heteroatoms. The van der Waals surface area contributed by atoms with Crippen molar-refractivity contribution in [2.24, 2.45) is 5.73 Å². The summed E-state index contributed by atoms with van der Waals surface area (Å²) in [6.07, 6.45) is -1.62. The van der Waals surface area contributed by atoms with E-state index in [1.165, 1.54) is 0 Å². The topological polar surface area (TPSA) is 63.3 Å². The Morgan fingerprint density at radius 2 is 2.38 bits per heavy atom. The molecule has 0 spiro atoms. The summed E-state index contributed by atoms with van der Waals surface area (Å²) in [6.45, 7) is -0.170. The zero-order valence-electron chi connectivity index (χ0n) is 4.30. The third-order valence-electron chi connectivity index (χ3n) is 0.652. The maximum Gasteiger partial charge on any atom is 0.192 e. The van der Waals surface area contributed by atoms with Crippen LogP contribution in [-0.2, 0) is 4.57 Å². The van der Waals surface area contributed by atoms with Gasteiger partial charge < -0.3 is 10.6 Å². The van der Waals surface area contributed by atoms with Crippen LogP contribution in [0, 0.1) is 0 Å². The first kappa shape index (κ1) is 8.08. The van der Waals surface area contributed by atoms with E-state index in [0.29, 0.717) is 0 Å². The van der Waals surface area contributed by atoms with Gasteiger partial charge in [-0.05, 0) is 0 Å². The van der Waals surface area contributed by atoms with Crippen molar-refractivity contribution in [1.29, 1.82) is 0 Å². The highest BCUT2D eigenvalue weighted by atomic mass is 31.1. The normalized spacial score (nSPS) is 17.9. The number of hydrogen-bond acceptors (Lipinski definition) is 2. The Kier molecular flexibility index (Phi) is 4.05. The molecule has 0 fully saturated rings. The molecule has 0 rings (SSSR count). The van der Waals surface area contributed by atoms with E-state index in [0.717, 1.165) is 0 Å². The molecule has 0 aromatic rings. The van der Waals surface area contributed by atoms with Crippen molar-refractivity contribution < 1.29 is 13.8 Å². The van der Waals surface area contributed by atoms with Gasteiger partial charge in [-0.2, -0.15) is 0 Å². The smallest absolute Gasteiger partial charge is 0.192 e. The van der Waals surface area contributed by atoms with Gasteiger partial charge in [0.2, 0.25) is 0 Å². The van der Waals surface area contributed by atoms with Crippen LogP contribution in [-0.4, -0.2) is 23.8 Å². The van der Waals surface area contributed by atoms with Gasteiger partial charge in [0, 0.05) is 6.54 Å². The Bertz CT molecular complexity index is 89.4. The summed E-state index contributed by atoms with van der Waals surface area (Å²) in [7, 11) is -2.65. The van der Waals surface area contributed by atoms with Gasteiger partial charge in [0.25, 0.3) is 0 Å². The molecule has 0 aliphatic rings. The fourth-order valence-corrected chi connectivity index (χ4v) is 0.818. The Balaban J connectivity index is 3.24. The van der Waals surface area contributed by atoms with Crippen LogP contribution in [0.1, 0.15) is 0 Å². The summed E-state index contributed by atoms with van der Waals surface area (Å²) in [5.74, 6) is 0. The van der Waals surface area contributed by atoms with E-state index < -0.39 is 14.2 Å². The van der Waals surface area contributed by atoms with Gasteiger partial charge in [-0.1, -0.05) is 0 Å². The molecular weight excluding hydrogens is 132 g/mol. The van der Waals surface area contributed by atoms with E-state index in [9.17, 15) is 8.96 Å². The van der Waals surface area contributed by atoms with E-state index >= 15 is 0 Å². The number of nitrogens with two attached hydrogens (primary N) is 1. The largest absolute Gasteiger partial charge is 0.346 e. The molecule has 0 bridgehead atoms. The lowest BCUT2D eigenvalue weighted by molar-refractivity contribution is 0.364. The van der Waals surface area contributed by atoms with Gasteiger partial charge in [-0.3, -0.25) is 4.57 Å². The van der Waals surface area contributed by atoms with Crippen LogP contribution in [0.5, 0.6) is 0 Å². The molecule has 50 valence electrons. The van der Waals surface area contributed by atoms with E-state index in [4.69, 9.17) is 10.6 Å². The SMILES string of the molecule is NC[C@@H](F)C[PH](=O)O. The standard InChI is InChI=1S/C3H9FNO2P/c4-3(1-5)2-8(6)7/h3,8H,1-2,5H2,(H,6,7)/t3-/m1/s1. The number of halogens is 1. The van der Waals surface area contributed by atoms with Crippen molar-refractivity contribution in [3.63, 3.8) is 0 Å². The second-order valence-corrected chi connectivity index (χ2v) is 2.63. The molecule has 3 nitrogen and oxygen atoms in total. The molecule has 0 radical (unpaired) electrons. The molecule has 0 saturated carbocycles. The fourth-order valence-electron chi connectivity index (χ4n) is 0.273. The van der Waals surface area contributed by atoms with Crippen molar-refractivity contribution in [1.82, 2.24) is 0 Å². The van der Waals surface area contributed by atoms with Crippen LogP contribution in [0.4, 0.5) is 4.39 Å². The lowest BCUT2D eigenvalue weighted by Gasteiger charge is -1.98. The van der Waals surface area contributed by atoms with Gasteiger partial charge in [-0.25, -0.2) is 4.39 Å². The molecule has 0 aliphatic heterocycles. The highest BCUT2D eigenvalue weighted by Crippen LogP contribution is 2.14. The molecule has 0 aliphatic carbocycles. The zero-order chi connectivity index (χ0) is 6.57. The Morgan fingerprint density at radius 1 is 1.88 bits per heavy atom. The van der Waals surface area contributed by atoms with Crippen LogP contribution >= 0.6 is 8.03 Å². The van der Waals surface area contributed by atoms with E-state index in [-0.39, 0.29) is 12.7 Å². The highest BCUT2D eigenvalue weighted by molar-refractivity contribution is 7.38. The average Bonchev–Trinajstić information content (AvgIpc) is 1.65. The summed E-state index contributed by atoms with van der Waals surface area (Å²) in [5, 5.41) is 0. The molecular formula is C3H9FNO2P. The predicted molar refractivity (Wildman–Crippen MR) is 30.0 cm³/mol.